The molecule has 0 bridgehead atoms. The van der Waals surface area contributed by atoms with E-state index in [1.807, 2.05) is 24.3 Å². The number of nitrogens with one attached hydrogen (secondary N) is 2. The first-order valence-electron chi connectivity index (χ1n) is 6.15. The fraction of sp³-hybridized carbons (Fsp3) is 0.200. The third kappa shape index (κ3) is 4.17. The predicted octanol–water partition coefficient (Wildman–Crippen LogP) is 3.36. The van der Waals surface area contributed by atoms with Gasteiger partial charge in [0.2, 0.25) is 0 Å². The van der Waals surface area contributed by atoms with Crippen molar-refractivity contribution in [3.8, 4) is 5.75 Å². The number of benzene rings is 2. The molecule has 19 heavy (non-hydrogen) atoms. The highest BCUT2D eigenvalue weighted by molar-refractivity contribution is 5.47. The first-order chi connectivity index (χ1) is 9.28. The summed E-state index contributed by atoms with van der Waals surface area (Å²) in [5.74, 6) is 0.622. The Kier molecular flexibility index (Phi) is 4.61. The molecule has 0 aliphatic rings. The molecule has 0 amide bonds. The van der Waals surface area contributed by atoms with E-state index in [-0.39, 0.29) is 5.82 Å². The van der Waals surface area contributed by atoms with Crippen LogP contribution in [-0.4, -0.2) is 20.2 Å². The van der Waals surface area contributed by atoms with E-state index in [1.54, 1.807) is 19.2 Å². The maximum Gasteiger partial charge on any atom is 0.123 e. The number of hydrogen-bond acceptors (Lipinski definition) is 3. The molecule has 0 spiro atoms. The summed E-state index contributed by atoms with van der Waals surface area (Å²) in [6, 6.07) is 14.1. The molecule has 0 radical (unpaired) electrons. The van der Waals surface area contributed by atoms with Gasteiger partial charge < -0.3 is 15.4 Å². The standard InChI is InChI=1S/C15H17FN2O/c1-19-15-8-6-14(7-9-15)18-11-10-17-13-4-2-12(16)3-5-13/h2-9,17-18H,10-11H2,1H3. The lowest BCUT2D eigenvalue weighted by Gasteiger charge is -2.09. The Morgan fingerprint density at radius 3 is 1.79 bits per heavy atom. The zero-order valence-corrected chi connectivity index (χ0v) is 10.8. The molecule has 0 aliphatic heterocycles. The molecule has 0 aromatic heterocycles. The van der Waals surface area contributed by atoms with Gasteiger partial charge in [0, 0.05) is 24.5 Å². The van der Waals surface area contributed by atoms with E-state index in [4.69, 9.17) is 4.74 Å². The lowest BCUT2D eigenvalue weighted by atomic mass is 10.3. The molecular formula is C15H17FN2O. The third-order valence-electron chi connectivity index (χ3n) is 2.72. The van der Waals surface area contributed by atoms with Crippen molar-refractivity contribution in [2.75, 3.05) is 30.8 Å². The summed E-state index contributed by atoms with van der Waals surface area (Å²) in [4.78, 5) is 0. The number of rotatable bonds is 6. The lowest BCUT2D eigenvalue weighted by Crippen LogP contribution is -2.13. The topological polar surface area (TPSA) is 33.3 Å². The quantitative estimate of drug-likeness (QED) is 0.781. The molecule has 2 rings (SSSR count). The Morgan fingerprint density at radius 2 is 1.32 bits per heavy atom. The summed E-state index contributed by atoms with van der Waals surface area (Å²) in [7, 11) is 1.65. The fourth-order valence-corrected chi connectivity index (χ4v) is 1.69. The fourth-order valence-electron chi connectivity index (χ4n) is 1.69. The van der Waals surface area contributed by atoms with Crippen molar-refractivity contribution in [1.82, 2.24) is 0 Å². The molecule has 3 nitrogen and oxygen atoms in total. The first-order valence-corrected chi connectivity index (χ1v) is 6.15. The summed E-state index contributed by atoms with van der Waals surface area (Å²) >= 11 is 0. The van der Waals surface area contributed by atoms with E-state index in [2.05, 4.69) is 10.6 Å². The highest BCUT2D eigenvalue weighted by Gasteiger charge is 1.95. The SMILES string of the molecule is COc1ccc(NCCNc2ccc(F)cc2)cc1. The molecule has 4 heteroatoms. The number of methoxy groups -OCH3 is 1. The monoisotopic (exact) mass is 260 g/mol. The zero-order chi connectivity index (χ0) is 13.5. The molecule has 0 saturated carbocycles. The maximum absolute atomic E-state index is 12.7. The maximum atomic E-state index is 12.7. The molecule has 0 atom stereocenters. The average Bonchev–Trinajstić information content (AvgIpc) is 2.46. The summed E-state index contributed by atoms with van der Waals surface area (Å²) in [6.07, 6.45) is 0. The van der Waals surface area contributed by atoms with Gasteiger partial charge in [0.15, 0.2) is 0 Å². The summed E-state index contributed by atoms with van der Waals surface area (Å²) < 4.78 is 17.8. The van der Waals surface area contributed by atoms with Crippen LogP contribution >= 0.6 is 0 Å². The molecular weight excluding hydrogens is 243 g/mol. The van der Waals surface area contributed by atoms with Crippen molar-refractivity contribution in [1.29, 1.82) is 0 Å². The Hall–Kier alpha value is -2.23. The van der Waals surface area contributed by atoms with Crippen molar-refractivity contribution in [3.05, 3.63) is 54.3 Å². The van der Waals surface area contributed by atoms with Gasteiger partial charge in [0.05, 0.1) is 7.11 Å². The van der Waals surface area contributed by atoms with Crippen LogP contribution in [0.2, 0.25) is 0 Å². The zero-order valence-electron chi connectivity index (χ0n) is 10.8. The normalized spacial score (nSPS) is 10.0. The minimum atomic E-state index is -0.220. The third-order valence-corrected chi connectivity index (χ3v) is 2.72. The van der Waals surface area contributed by atoms with Gasteiger partial charge in [-0.15, -0.1) is 0 Å². The molecule has 2 aromatic rings. The van der Waals surface area contributed by atoms with Crippen molar-refractivity contribution >= 4 is 11.4 Å². The number of ether oxygens (including phenoxy) is 1. The van der Waals surface area contributed by atoms with Crippen molar-refractivity contribution in [2.24, 2.45) is 0 Å². The molecule has 2 N–H and O–H groups in total. The molecule has 0 unspecified atom stereocenters. The van der Waals surface area contributed by atoms with E-state index in [1.165, 1.54) is 12.1 Å². The second kappa shape index (κ2) is 6.64. The molecule has 0 heterocycles. The Balaban J connectivity index is 1.72. The van der Waals surface area contributed by atoms with E-state index in [0.29, 0.717) is 0 Å². The summed E-state index contributed by atoms with van der Waals surface area (Å²) in [5.41, 5.74) is 1.96. The van der Waals surface area contributed by atoms with Gasteiger partial charge in [-0.25, -0.2) is 4.39 Å². The highest BCUT2D eigenvalue weighted by Crippen LogP contribution is 2.14. The van der Waals surface area contributed by atoms with Gasteiger partial charge in [0.1, 0.15) is 11.6 Å². The molecule has 100 valence electrons. The van der Waals surface area contributed by atoms with Crippen LogP contribution in [0.25, 0.3) is 0 Å². The van der Waals surface area contributed by atoms with Crippen LogP contribution in [0, 0.1) is 5.82 Å². The van der Waals surface area contributed by atoms with Crippen LogP contribution in [0.1, 0.15) is 0 Å². The van der Waals surface area contributed by atoms with Gasteiger partial charge in [0.25, 0.3) is 0 Å². The van der Waals surface area contributed by atoms with E-state index in [9.17, 15) is 4.39 Å². The summed E-state index contributed by atoms with van der Waals surface area (Å²) in [5, 5.41) is 6.50. The second-order valence-electron chi connectivity index (χ2n) is 4.09. The predicted molar refractivity (Wildman–Crippen MR) is 76.4 cm³/mol. The Morgan fingerprint density at radius 1 is 0.842 bits per heavy atom. The Labute approximate surface area is 112 Å². The number of halogens is 1. The number of hydrogen-bond donors (Lipinski definition) is 2. The van der Waals surface area contributed by atoms with Gasteiger partial charge in [-0.05, 0) is 48.5 Å². The van der Waals surface area contributed by atoms with Gasteiger partial charge >= 0.3 is 0 Å². The van der Waals surface area contributed by atoms with Crippen LogP contribution in [0.15, 0.2) is 48.5 Å². The van der Waals surface area contributed by atoms with Crippen LogP contribution < -0.4 is 15.4 Å². The van der Waals surface area contributed by atoms with Gasteiger partial charge in [-0.2, -0.15) is 0 Å². The van der Waals surface area contributed by atoms with Crippen molar-refractivity contribution in [3.63, 3.8) is 0 Å². The van der Waals surface area contributed by atoms with Gasteiger partial charge in [-0.3, -0.25) is 0 Å². The molecule has 2 aromatic carbocycles. The molecule has 0 aliphatic carbocycles. The van der Waals surface area contributed by atoms with E-state index >= 15 is 0 Å². The van der Waals surface area contributed by atoms with Crippen molar-refractivity contribution in [2.45, 2.75) is 0 Å². The minimum Gasteiger partial charge on any atom is -0.497 e. The minimum absolute atomic E-state index is 0.220. The van der Waals surface area contributed by atoms with E-state index in [0.717, 1.165) is 30.2 Å². The molecule has 0 fully saturated rings. The number of anilines is 2. The highest BCUT2D eigenvalue weighted by atomic mass is 19.1. The van der Waals surface area contributed by atoms with Crippen molar-refractivity contribution < 1.29 is 9.13 Å². The second-order valence-corrected chi connectivity index (χ2v) is 4.09. The van der Waals surface area contributed by atoms with Crippen LogP contribution in [0.5, 0.6) is 5.75 Å². The largest absolute Gasteiger partial charge is 0.497 e. The molecule has 0 saturated heterocycles. The smallest absolute Gasteiger partial charge is 0.123 e. The van der Waals surface area contributed by atoms with Crippen LogP contribution in [-0.2, 0) is 0 Å². The van der Waals surface area contributed by atoms with Gasteiger partial charge in [-0.1, -0.05) is 0 Å². The van der Waals surface area contributed by atoms with Crippen LogP contribution in [0.4, 0.5) is 15.8 Å². The van der Waals surface area contributed by atoms with E-state index < -0.39 is 0 Å². The lowest BCUT2D eigenvalue weighted by molar-refractivity contribution is 0.415. The Bertz CT molecular complexity index is 497. The van der Waals surface area contributed by atoms with Crippen LogP contribution in [0.3, 0.4) is 0 Å². The average molecular weight is 260 g/mol. The summed E-state index contributed by atoms with van der Waals surface area (Å²) in [6.45, 7) is 1.54. The first kappa shape index (κ1) is 13.2.